The lowest BCUT2D eigenvalue weighted by atomic mass is 10.0. The number of fused-ring (bicyclic) bond motifs is 1. The van der Waals surface area contributed by atoms with Gasteiger partial charge in [0.15, 0.2) is 5.13 Å². The van der Waals surface area contributed by atoms with E-state index in [4.69, 9.17) is 4.98 Å². The molecule has 0 saturated heterocycles. The number of hydrogen-bond acceptors (Lipinski definition) is 5. The fraction of sp³-hybridized carbons (Fsp3) is 0.320. The number of amides is 1. The van der Waals surface area contributed by atoms with E-state index in [9.17, 15) is 4.79 Å². The van der Waals surface area contributed by atoms with E-state index in [1.165, 1.54) is 5.56 Å². The third-order valence-corrected chi connectivity index (χ3v) is 7.26. The maximum Gasteiger partial charge on any atom is 0.260 e. The Morgan fingerprint density at radius 3 is 2.62 bits per heavy atom. The molecule has 0 saturated carbocycles. The number of thioether (sulfide) groups is 1. The van der Waals surface area contributed by atoms with Crippen LogP contribution >= 0.6 is 23.1 Å². The summed E-state index contributed by atoms with van der Waals surface area (Å²) < 4.78 is 3.06. The summed E-state index contributed by atoms with van der Waals surface area (Å²) in [6, 6.07) is 16.1. The number of para-hydroxylation sites is 1. The monoisotopic (exact) mass is 464 g/mol. The molecule has 0 N–H and O–H groups in total. The predicted molar refractivity (Wildman–Crippen MR) is 135 cm³/mol. The molecule has 2 aromatic carbocycles. The van der Waals surface area contributed by atoms with Crippen molar-refractivity contribution in [2.45, 2.75) is 45.1 Å². The minimum atomic E-state index is -0.0346. The second kappa shape index (κ2) is 9.46. The molecule has 0 radical (unpaired) electrons. The van der Waals surface area contributed by atoms with Gasteiger partial charge in [0.05, 0.1) is 22.5 Å². The molecular weight excluding hydrogens is 436 g/mol. The van der Waals surface area contributed by atoms with Crippen LogP contribution in [0.3, 0.4) is 0 Å². The van der Waals surface area contributed by atoms with Gasteiger partial charge in [-0.15, -0.1) is 11.8 Å². The van der Waals surface area contributed by atoms with Crippen LogP contribution in [0.25, 0.3) is 10.2 Å². The van der Waals surface area contributed by atoms with Crippen LogP contribution in [0.2, 0.25) is 0 Å². The third kappa shape index (κ3) is 4.59. The number of carbonyl (C=O) groups excluding carboxylic acids is 1. The van der Waals surface area contributed by atoms with Gasteiger partial charge in [0.25, 0.3) is 5.91 Å². The van der Waals surface area contributed by atoms with Crippen molar-refractivity contribution >= 4 is 44.4 Å². The van der Waals surface area contributed by atoms with Crippen molar-refractivity contribution in [3.8, 4) is 0 Å². The number of rotatable bonds is 7. The molecule has 0 atom stereocenters. The molecule has 0 fully saturated rings. The summed E-state index contributed by atoms with van der Waals surface area (Å²) in [6.07, 6.45) is 2.02. The van der Waals surface area contributed by atoms with Gasteiger partial charge in [-0.1, -0.05) is 43.4 Å². The van der Waals surface area contributed by atoms with Gasteiger partial charge in [-0.2, -0.15) is 5.10 Å². The second-order valence-corrected chi connectivity index (χ2v) is 10.1. The first-order valence-electron chi connectivity index (χ1n) is 10.7. The summed E-state index contributed by atoms with van der Waals surface area (Å²) in [5, 5.41) is 5.30. The number of thiazole rings is 1. The van der Waals surface area contributed by atoms with Gasteiger partial charge in [0.2, 0.25) is 0 Å². The van der Waals surface area contributed by atoms with Crippen molar-refractivity contribution < 1.29 is 4.79 Å². The molecular formula is C25H28N4OS2. The van der Waals surface area contributed by atoms with E-state index in [1.807, 2.05) is 54.0 Å². The first-order valence-corrected chi connectivity index (χ1v) is 12.8. The van der Waals surface area contributed by atoms with Gasteiger partial charge >= 0.3 is 0 Å². The Morgan fingerprint density at radius 1 is 1.16 bits per heavy atom. The number of aryl methyl sites for hydroxylation is 2. The summed E-state index contributed by atoms with van der Waals surface area (Å²) in [5.74, 6) is 0.332. The molecule has 2 heterocycles. The molecule has 1 amide bonds. The Labute approximate surface area is 197 Å². The number of benzene rings is 2. The zero-order chi connectivity index (χ0) is 22.8. The molecule has 4 aromatic rings. The molecule has 0 aliphatic rings. The first-order chi connectivity index (χ1) is 15.4. The molecule has 2 aromatic heterocycles. The minimum Gasteiger partial charge on any atom is -0.282 e. The zero-order valence-electron chi connectivity index (χ0n) is 19.1. The fourth-order valence-corrected chi connectivity index (χ4v) is 5.32. The molecule has 0 bridgehead atoms. The van der Waals surface area contributed by atoms with E-state index >= 15 is 0 Å². The second-order valence-electron chi connectivity index (χ2n) is 8.18. The van der Waals surface area contributed by atoms with E-state index in [2.05, 4.69) is 43.2 Å². The molecule has 0 spiro atoms. The van der Waals surface area contributed by atoms with E-state index in [-0.39, 0.29) is 5.91 Å². The van der Waals surface area contributed by atoms with E-state index in [1.54, 1.807) is 23.1 Å². The summed E-state index contributed by atoms with van der Waals surface area (Å²) in [4.78, 5) is 21.5. The molecule has 0 unspecified atom stereocenters. The number of aromatic nitrogens is 3. The summed E-state index contributed by atoms with van der Waals surface area (Å²) in [6.45, 7) is 9.49. The van der Waals surface area contributed by atoms with Crippen LogP contribution in [-0.2, 0) is 6.54 Å². The molecule has 7 heteroatoms. The van der Waals surface area contributed by atoms with Gasteiger partial charge in [0.1, 0.15) is 0 Å². The average Bonchev–Trinajstić information content (AvgIpc) is 3.35. The number of hydrogen-bond donors (Lipinski definition) is 0. The SMILES string of the molecule is CSc1cccc(C(=O)N(CCn2nc(C)cc2C)c2nc3c(C(C)C)cccc3s2)c1. The van der Waals surface area contributed by atoms with Gasteiger partial charge in [0, 0.05) is 22.7 Å². The van der Waals surface area contributed by atoms with Crippen molar-refractivity contribution in [2.75, 3.05) is 17.7 Å². The van der Waals surface area contributed by atoms with Crippen LogP contribution in [0.1, 0.15) is 47.1 Å². The highest BCUT2D eigenvalue weighted by Gasteiger charge is 2.23. The summed E-state index contributed by atoms with van der Waals surface area (Å²) >= 11 is 3.21. The van der Waals surface area contributed by atoms with Gasteiger partial charge in [-0.3, -0.25) is 14.4 Å². The summed E-state index contributed by atoms with van der Waals surface area (Å²) in [5.41, 5.74) is 4.94. The van der Waals surface area contributed by atoms with Gasteiger partial charge < -0.3 is 0 Å². The van der Waals surface area contributed by atoms with Crippen molar-refractivity contribution in [1.29, 1.82) is 0 Å². The van der Waals surface area contributed by atoms with Gasteiger partial charge in [-0.25, -0.2) is 4.98 Å². The van der Waals surface area contributed by atoms with E-state index in [0.29, 0.717) is 24.6 Å². The number of carbonyl (C=O) groups is 1. The normalized spacial score (nSPS) is 11.4. The Morgan fingerprint density at radius 2 is 1.94 bits per heavy atom. The first kappa shape index (κ1) is 22.6. The largest absolute Gasteiger partial charge is 0.282 e. The van der Waals surface area contributed by atoms with Crippen LogP contribution in [0, 0.1) is 13.8 Å². The molecule has 5 nitrogen and oxygen atoms in total. The molecule has 4 rings (SSSR count). The summed E-state index contributed by atoms with van der Waals surface area (Å²) in [7, 11) is 0. The molecule has 166 valence electrons. The maximum atomic E-state index is 13.7. The number of anilines is 1. The average molecular weight is 465 g/mol. The van der Waals surface area contributed by atoms with E-state index in [0.717, 1.165) is 31.6 Å². The van der Waals surface area contributed by atoms with Crippen molar-refractivity contribution in [2.24, 2.45) is 0 Å². The van der Waals surface area contributed by atoms with Crippen LogP contribution in [0.15, 0.2) is 53.4 Å². The van der Waals surface area contributed by atoms with Crippen LogP contribution in [0.5, 0.6) is 0 Å². The molecule has 32 heavy (non-hydrogen) atoms. The number of nitrogens with zero attached hydrogens (tertiary/aromatic N) is 4. The minimum absolute atomic E-state index is 0.0346. The Hall–Kier alpha value is -2.64. The van der Waals surface area contributed by atoms with Crippen LogP contribution in [-0.4, -0.2) is 33.5 Å². The van der Waals surface area contributed by atoms with Crippen molar-refractivity contribution in [1.82, 2.24) is 14.8 Å². The highest BCUT2D eigenvalue weighted by Crippen LogP contribution is 2.34. The quantitative estimate of drug-likeness (QED) is 0.301. The van der Waals surface area contributed by atoms with Gasteiger partial charge in [-0.05, 0) is 61.9 Å². The van der Waals surface area contributed by atoms with E-state index < -0.39 is 0 Å². The topological polar surface area (TPSA) is 51.0 Å². The Bertz CT molecular complexity index is 1260. The molecule has 0 aliphatic carbocycles. The highest BCUT2D eigenvalue weighted by molar-refractivity contribution is 7.98. The van der Waals surface area contributed by atoms with Crippen molar-refractivity contribution in [3.63, 3.8) is 0 Å². The lowest BCUT2D eigenvalue weighted by molar-refractivity contribution is 0.0985. The molecule has 0 aliphatic heterocycles. The smallest absolute Gasteiger partial charge is 0.260 e. The standard InChI is InChI=1S/C25H28N4OS2/c1-16(2)21-10-7-11-22-23(21)26-25(32-22)28(12-13-29-18(4)14-17(3)27-29)24(30)19-8-6-9-20(15-19)31-5/h6-11,14-16H,12-13H2,1-5H3. The fourth-order valence-electron chi connectivity index (χ4n) is 3.83. The van der Waals surface area contributed by atoms with Crippen LogP contribution < -0.4 is 4.90 Å². The van der Waals surface area contributed by atoms with Crippen LogP contribution in [0.4, 0.5) is 5.13 Å². The lowest BCUT2D eigenvalue weighted by Crippen LogP contribution is -2.34. The zero-order valence-corrected chi connectivity index (χ0v) is 20.8. The highest BCUT2D eigenvalue weighted by atomic mass is 32.2. The Balaban J connectivity index is 1.74. The predicted octanol–water partition coefficient (Wildman–Crippen LogP) is 6.30. The van der Waals surface area contributed by atoms with Crippen molar-refractivity contribution in [3.05, 3.63) is 71.0 Å². The lowest BCUT2D eigenvalue weighted by Gasteiger charge is -2.20. The maximum absolute atomic E-state index is 13.7. The third-order valence-electron chi connectivity index (χ3n) is 5.49. The Kier molecular flexibility index (Phi) is 6.67.